The van der Waals surface area contributed by atoms with Crippen LogP contribution >= 0.6 is 7.26 Å². The van der Waals surface area contributed by atoms with Crippen molar-refractivity contribution in [2.75, 3.05) is 19.4 Å². The zero-order chi connectivity index (χ0) is 27.8. The Balaban J connectivity index is 0.00000441. The lowest BCUT2D eigenvalue weighted by Gasteiger charge is -2.29. The third-order valence-corrected chi connectivity index (χ3v) is 12.6. The maximum Gasteiger partial charge on any atom is 0.162 e. The minimum Gasteiger partial charge on any atom is -1.00 e. The summed E-state index contributed by atoms with van der Waals surface area (Å²) in [5.74, 6) is 0.848. The topological polar surface area (TPSA) is 47.9 Å². The average Bonchev–Trinajstić information content (AvgIpc) is 2.93. The van der Waals surface area contributed by atoms with Crippen LogP contribution in [0.5, 0.6) is 11.5 Å². The Morgan fingerprint density at radius 1 is 0.675 bits per heavy atom. The highest BCUT2D eigenvalue weighted by atomic mass is 79.9. The molecule has 0 unspecified atom stereocenters. The lowest BCUT2D eigenvalue weighted by Crippen LogP contribution is -3.00. The molecule has 0 saturated heterocycles. The first-order valence-corrected chi connectivity index (χ1v) is 17.3. The van der Waals surface area contributed by atoms with Gasteiger partial charge in [-0.3, -0.25) is 0 Å². The van der Waals surface area contributed by atoms with Crippen molar-refractivity contribution in [2.45, 2.75) is 40.5 Å². The molecule has 0 radical (unpaired) electrons. The number of aryl methyl sites for hydroxylation is 3. The summed E-state index contributed by atoms with van der Waals surface area (Å²) in [4.78, 5) is 0. The fourth-order valence-electron chi connectivity index (χ4n) is 4.91. The Labute approximate surface area is 252 Å². The van der Waals surface area contributed by atoms with Gasteiger partial charge in [-0.1, -0.05) is 53.1 Å². The third-order valence-electron chi connectivity index (χ3n) is 6.88. The number of phenols is 1. The van der Waals surface area contributed by atoms with Crippen molar-refractivity contribution in [1.82, 2.24) is 0 Å². The zero-order valence-corrected chi connectivity index (χ0v) is 28.0. The average molecular weight is 640 g/mol. The van der Waals surface area contributed by atoms with Gasteiger partial charge in [-0.15, -0.1) is 0 Å². The van der Waals surface area contributed by atoms with E-state index in [9.17, 15) is 5.11 Å². The van der Waals surface area contributed by atoms with Gasteiger partial charge in [0.1, 0.15) is 44.4 Å². The van der Waals surface area contributed by atoms with Gasteiger partial charge in [0.05, 0.1) is 6.23 Å². The van der Waals surface area contributed by atoms with Gasteiger partial charge in [0.15, 0.2) is 11.1 Å². The Kier molecular flexibility index (Phi) is 12.0. The highest BCUT2D eigenvalue weighted by Crippen LogP contribution is 2.56. The van der Waals surface area contributed by atoms with Crippen molar-refractivity contribution in [2.24, 2.45) is 0 Å². The van der Waals surface area contributed by atoms with Crippen LogP contribution < -0.4 is 42.9 Å². The smallest absolute Gasteiger partial charge is 0.162 e. The standard InChI is InChI=1S/C33H39O4PSi.BrH/c1-6-35-33(36-7-2)39-23-37-31-21-14-27(34)22-32(31)38(28-15-8-24(3)9-16-28,29-17-10-25(4)11-18-29)30-19-12-26(5)13-20-30;/h8-22,33H,6-7,23,39H2,1-5H3;1H. The minimum absolute atomic E-state index is 0. The van der Waals surface area contributed by atoms with Gasteiger partial charge >= 0.3 is 0 Å². The summed E-state index contributed by atoms with van der Waals surface area (Å²) < 4.78 is 18.2. The lowest BCUT2D eigenvalue weighted by atomic mass is 10.2. The molecule has 0 atom stereocenters. The first-order valence-electron chi connectivity index (χ1n) is 13.7. The van der Waals surface area contributed by atoms with Crippen LogP contribution in [0.25, 0.3) is 0 Å². The molecule has 4 aromatic carbocycles. The highest BCUT2D eigenvalue weighted by Gasteiger charge is 2.50. The molecule has 1 N–H and O–H groups in total. The van der Waals surface area contributed by atoms with Gasteiger partial charge in [0, 0.05) is 19.3 Å². The molecule has 0 bridgehead atoms. The van der Waals surface area contributed by atoms with Crippen LogP contribution in [0.3, 0.4) is 0 Å². The molecule has 4 nitrogen and oxygen atoms in total. The second-order valence-corrected chi connectivity index (χ2v) is 14.8. The van der Waals surface area contributed by atoms with E-state index in [0.717, 1.165) is 11.1 Å². The van der Waals surface area contributed by atoms with Crippen molar-refractivity contribution < 1.29 is 36.3 Å². The number of ether oxygens (including phenoxy) is 3. The molecule has 0 amide bonds. The van der Waals surface area contributed by atoms with E-state index in [4.69, 9.17) is 14.2 Å². The summed E-state index contributed by atoms with van der Waals surface area (Å²) in [6, 6.07) is 32.1. The van der Waals surface area contributed by atoms with E-state index in [-0.39, 0.29) is 28.6 Å². The van der Waals surface area contributed by atoms with Crippen molar-refractivity contribution in [3.05, 3.63) is 108 Å². The number of benzene rings is 4. The predicted octanol–water partition coefficient (Wildman–Crippen LogP) is 1.80. The maximum atomic E-state index is 10.9. The lowest BCUT2D eigenvalue weighted by molar-refractivity contribution is -0.0835. The number of halogens is 1. The van der Waals surface area contributed by atoms with Gasteiger partial charge < -0.3 is 36.3 Å². The summed E-state index contributed by atoms with van der Waals surface area (Å²) in [6.07, 6.45) is 0.568. The van der Waals surface area contributed by atoms with Crippen LogP contribution in [0.1, 0.15) is 30.5 Å². The first kappa shape index (κ1) is 32.0. The second kappa shape index (κ2) is 15.0. The van der Waals surface area contributed by atoms with Crippen molar-refractivity contribution in [1.29, 1.82) is 0 Å². The Morgan fingerprint density at radius 3 is 1.50 bits per heavy atom. The molecule has 0 aliphatic heterocycles. The van der Waals surface area contributed by atoms with Crippen LogP contribution in [0, 0.1) is 20.8 Å². The Bertz CT molecular complexity index is 1230. The number of aromatic hydroxyl groups is 1. The Morgan fingerprint density at radius 2 is 1.10 bits per heavy atom. The molecule has 212 valence electrons. The van der Waals surface area contributed by atoms with E-state index >= 15 is 0 Å². The summed E-state index contributed by atoms with van der Waals surface area (Å²) in [7, 11) is -3.28. The van der Waals surface area contributed by atoms with Gasteiger partial charge in [-0.05, 0) is 83.1 Å². The van der Waals surface area contributed by atoms with Crippen molar-refractivity contribution in [3.8, 4) is 11.5 Å². The summed E-state index contributed by atoms with van der Waals surface area (Å²) in [5, 5.41) is 15.5. The van der Waals surface area contributed by atoms with Crippen LogP contribution in [0.15, 0.2) is 91.0 Å². The van der Waals surface area contributed by atoms with Crippen molar-refractivity contribution in [3.63, 3.8) is 0 Å². The molecule has 0 spiro atoms. The number of rotatable bonds is 12. The summed E-state index contributed by atoms with van der Waals surface area (Å²) in [5.41, 5.74) is 3.63. The molecule has 0 aliphatic carbocycles. The van der Waals surface area contributed by atoms with Gasteiger partial charge in [-0.2, -0.15) is 0 Å². The molecule has 40 heavy (non-hydrogen) atoms. The summed E-state index contributed by atoms with van der Waals surface area (Å²) >= 11 is 0. The van der Waals surface area contributed by atoms with Crippen LogP contribution in [-0.4, -0.2) is 40.0 Å². The van der Waals surface area contributed by atoms with Gasteiger partial charge in [0.2, 0.25) is 0 Å². The Hall–Kier alpha value is -2.47. The first-order chi connectivity index (χ1) is 18.9. The molecule has 7 heteroatoms. The molecule has 0 heterocycles. The fourth-order valence-corrected chi connectivity index (χ4v) is 10.6. The normalized spacial score (nSPS) is 11.7. The van der Waals surface area contributed by atoms with E-state index < -0.39 is 16.8 Å². The predicted molar refractivity (Wildman–Crippen MR) is 168 cm³/mol. The molecule has 0 saturated carbocycles. The van der Waals surface area contributed by atoms with E-state index in [1.165, 1.54) is 32.6 Å². The second-order valence-electron chi connectivity index (χ2n) is 9.81. The minimum atomic E-state index is -2.45. The number of phenolic OH excluding ortho intramolecular Hbond substituents is 1. The summed E-state index contributed by atoms with van der Waals surface area (Å²) in [6.45, 7) is 11.6. The quantitative estimate of drug-likeness (QED) is 0.146. The van der Waals surface area contributed by atoms with Gasteiger partial charge in [-0.25, -0.2) is 0 Å². The van der Waals surface area contributed by atoms with E-state index in [1.807, 2.05) is 26.0 Å². The van der Waals surface area contributed by atoms with E-state index in [1.54, 1.807) is 6.07 Å². The number of hydrogen-bond donors (Lipinski definition) is 1. The van der Waals surface area contributed by atoms with Crippen LogP contribution in [-0.2, 0) is 9.47 Å². The molecule has 4 rings (SSSR count). The molecular weight excluding hydrogens is 599 g/mol. The third kappa shape index (κ3) is 7.23. The zero-order valence-electron chi connectivity index (χ0n) is 24.1. The van der Waals surface area contributed by atoms with E-state index in [2.05, 4.69) is 93.6 Å². The monoisotopic (exact) mass is 638 g/mol. The largest absolute Gasteiger partial charge is 1.00 e. The highest BCUT2D eigenvalue weighted by molar-refractivity contribution is 8.01. The SMILES string of the molecule is CCOC(OCC)[SiH2]COc1ccc(O)cc1[P+](c1ccc(C)cc1)(c1ccc(C)cc1)c1ccc(C)cc1.[Br-]. The molecule has 0 aliphatic rings. The van der Waals surface area contributed by atoms with Gasteiger partial charge in [0.25, 0.3) is 0 Å². The molecule has 4 aromatic rings. The molecular formula is C33H40BrO4PSi. The van der Waals surface area contributed by atoms with Crippen LogP contribution in [0.4, 0.5) is 0 Å². The van der Waals surface area contributed by atoms with E-state index in [0.29, 0.717) is 19.4 Å². The van der Waals surface area contributed by atoms with Crippen molar-refractivity contribution >= 4 is 38.0 Å². The maximum absolute atomic E-state index is 10.9. The van der Waals surface area contributed by atoms with Crippen LogP contribution in [0.2, 0.25) is 0 Å². The fraction of sp³-hybridized carbons (Fsp3) is 0.273. The number of hydrogen-bond acceptors (Lipinski definition) is 4. The molecule has 0 aromatic heterocycles. The molecule has 0 fully saturated rings.